The highest BCUT2D eigenvalue weighted by atomic mass is 16.2. The van der Waals surface area contributed by atoms with E-state index in [-0.39, 0.29) is 17.5 Å². The van der Waals surface area contributed by atoms with Crippen LogP contribution in [0.5, 0.6) is 0 Å². The van der Waals surface area contributed by atoms with Crippen molar-refractivity contribution in [1.82, 2.24) is 10.6 Å². The summed E-state index contributed by atoms with van der Waals surface area (Å²) < 4.78 is 0. The van der Waals surface area contributed by atoms with Crippen LogP contribution in [-0.2, 0) is 11.3 Å². The molecule has 21 heavy (non-hydrogen) atoms. The van der Waals surface area contributed by atoms with Crippen LogP contribution in [0.1, 0.15) is 33.3 Å². The Bertz CT molecular complexity index is 480. The van der Waals surface area contributed by atoms with Crippen molar-refractivity contribution < 1.29 is 14.5 Å². The van der Waals surface area contributed by atoms with Gasteiger partial charge >= 0.3 is 6.03 Å². The average Bonchev–Trinajstić information content (AvgIpc) is 2.36. The van der Waals surface area contributed by atoms with Crippen LogP contribution in [0, 0.1) is 0 Å². The summed E-state index contributed by atoms with van der Waals surface area (Å²) >= 11 is 0. The molecule has 0 radical (unpaired) electrons. The van der Waals surface area contributed by atoms with Crippen LogP contribution in [0.25, 0.3) is 0 Å². The summed E-state index contributed by atoms with van der Waals surface area (Å²) in [7, 11) is 1.94. The van der Waals surface area contributed by atoms with Crippen molar-refractivity contribution in [2.75, 3.05) is 7.05 Å². The number of quaternary nitrogens is 1. The number of carbonyl (C=O) groups excluding carboxylic acids is 2. The number of imide groups is 1. The van der Waals surface area contributed by atoms with Gasteiger partial charge in [-0.2, -0.15) is 0 Å². The minimum absolute atomic E-state index is 0.273. The van der Waals surface area contributed by atoms with Crippen LogP contribution in [0.3, 0.4) is 0 Å². The monoisotopic (exact) mass is 292 g/mol. The first-order valence-corrected chi connectivity index (χ1v) is 7.18. The average molecular weight is 292 g/mol. The van der Waals surface area contributed by atoms with Crippen molar-refractivity contribution >= 4 is 11.9 Å². The van der Waals surface area contributed by atoms with Gasteiger partial charge in [-0.05, 0) is 27.7 Å². The zero-order valence-corrected chi connectivity index (χ0v) is 13.5. The van der Waals surface area contributed by atoms with Crippen LogP contribution >= 0.6 is 0 Å². The summed E-state index contributed by atoms with van der Waals surface area (Å²) in [5.74, 6) is -0.273. The van der Waals surface area contributed by atoms with Gasteiger partial charge in [0.05, 0.1) is 7.05 Å². The topological polar surface area (TPSA) is 62.6 Å². The van der Waals surface area contributed by atoms with Gasteiger partial charge in [0.25, 0.3) is 5.91 Å². The molecule has 0 fully saturated rings. The van der Waals surface area contributed by atoms with E-state index in [0.717, 1.165) is 17.0 Å². The highest BCUT2D eigenvalue weighted by Crippen LogP contribution is 1.98. The number of amides is 3. The fourth-order valence-corrected chi connectivity index (χ4v) is 1.89. The molecule has 3 amide bonds. The van der Waals surface area contributed by atoms with E-state index in [4.69, 9.17) is 0 Å². The summed E-state index contributed by atoms with van der Waals surface area (Å²) in [6.45, 7) is 8.15. The maximum atomic E-state index is 12.1. The fourth-order valence-electron chi connectivity index (χ4n) is 1.89. The molecule has 0 aliphatic carbocycles. The van der Waals surface area contributed by atoms with E-state index in [1.807, 2.05) is 65.1 Å². The molecule has 116 valence electrons. The van der Waals surface area contributed by atoms with Gasteiger partial charge in [0.2, 0.25) is 0 Å². The molecule has 0 aliphatic heterocycles. The van der Waals surface area contributed by atoms with E-state index >= 15 is 0 Å². The Hall–Kier alpha value is -1.88. The first-order chi connectivity index (χ1) is 9.69. The summed E-state index contributed by atoms with van der Waals surface area (Å²) in [6.07, 6.45) is 0. The summed E-state index contributed by atoms with van der Waals surface area (Å²) in [4.78, 5) is 24.8. The summed E-state index contributed by atoms with van der Waals surface area (Å²) in [5, 5.41) is 5.11. The normalized spacial score (nSPS) is 14.1. The molecule has 0 saturated heterocycles. The number of likely N-dealkylation sites (N-methyl/N-ethyl adjacent to an activating group) is 1. The molecule has 0 bridgehead atoms. The Labute approximate surface area is 126 Å². The quantitative estimate of drug-likeness (QED) is 0.765. The molecule has 0 spiro atoms. The third kappa shape index (κ3) is 6.40. The molecule has 0 saturated carbocycles. The number of hydrogen-bond donors (Lipinski definition) is 3. The van der Waals surface area contributed by atoms with E-state index in [1.54, 1.807) is 0 Å². The molecule has 5 nitrogen and oxygen atoms in total. The molecule has 1 rings (SSSR count). The highest BCUT2D eigenvalue weighted by molar-refractivity contribution is 5.96. The van der Waals surface area contributed by atoms with Crippen molar-refractivity contribution in [3.63, 3.8) is 0 Å². The van der Waals surface area contributed by atoms with Crippen LogP contribution in [0.4, 0.5) is 4.79 Å². The number of hydrogen-bond acceptors (Lipinski definition) is 2. The molecular formula is C16H26N3O2+. The SMILES string of the molecule is C[C@H](C(=O)NC(=O)NC(C)(C)C)[NH+](C)Cc1ccccc1. The molecule has 1 unspecified atom stereocenters. The van der Waals surface area contributed by atoms with Gasteiger partial charge in [-0.1, -0.05) is 30.3 Å². The third-order valence-electron chi connectivity index (χ3n) is 3.18. The van der Waals surface area contributed by atoms with Crippen molar-refractivity contribution in [2.24, 2.45) is 0 Å². The zero-order valence-electron chi connectivity index (χ0n) is 13.5. The lowest BCUT2D eigenvalue weighted by Gasteiger charge is -2.23. The number of rotatable bonds is 4. The standard InChI is InChI=1S/C16H25N3O2/c1-12(14(20)17-15(21)18-16(2,3)4)19(5)11-13-9-7-6-8-10-13/h6-10,12H,11H2,1-5H3,(H2,17,18,20,21)/p+1/t12-/m1/s1. The summed E-state index contributed by atoms with van der Waals surface area (Å²) in [5.41, 5.74) is 0.796. The van der Waals surface area contributed by atoms with E-state index in [0.29, 0.717) is 0 Å². The van der Waals surface area contributed by atoms with Gasteiger partial charge in [-0.25, -0.2) is 4.79 Å². The van der Waals surface area contributed by atoms with E-state index in [1.165, 1.54) is 0 Å². The first kappa shape index (κ1) is 17.2. The molecule has 0 aromatic heterocycles. The largest absolute Gasteiger partial charge is 0.333 e. The van der Waals surface area contributed by atoms with Crippen LogP contribution in [0.2, 0.25) is 0 Å². The molecule has 0 heterocycles. The molecule has 5 heteroatoms. The minimum Gasteiger partial charge on any atom is -0.333 e. The van der Waals surface area contributed by atoms with E-state index < -0.39 is 6.03 Å². The second kappa shape index (κ2) is 7.22. The lowest BCUT2D eigenvalue weighted by molar-refractivity contribution is -0.908. The molecular weight excluding hydrogens is 266 g/mol. The van der Waals surface area contributed by atoms with Crippen molar-refractivity contribution in [3.8, 4) is 0 Å². The zero-order chi connectivity index (χ0) is 16.0. The molecule has 0 aliphatic rings. The van der Waals surface area contributed by atoms with Crippen LogP contribution in [-0.4, -0.2) is 30.6 Å². The van der Waals surface area contributed by atoms with E-state index in [9.17, 15) is 9.59 Å². The van der Waals surface area contributed by atoms with Gasteiger partial charge < -0.3 is 10.2 Å². The second-order valence-electron chi connectivity index (χ2n) is 6.42. The highest BCUT2D eigenvalue weighted by Gasteiger charge is 2.24. The Balaban J connectivity index is 2.52. The van der Waals surface area contributed by atoms with Gasteiger partial charge in [0, 0.05) is 11.1 Å². The lowest BCUT2D eigenvalue weighted by atomic mass is 10.1. The maximum absolute atomic E-state index is 12.1. The van der Waals surface area contributed by atoms with Crippen molar-refractivity contribution in [3.05, 3.63) is 35.9 Å². The van der Waals surface area contributed by atoms with Crippen LogP contribution < -0.4 is 15.5 Å². The fraction of sp³-hybridized carbons (Fsp3) is 0.500. The Morgan fingerprint density at radius 3 is 2.29 bits per heavy atom. The van der Waals surface area contributed by atoms with Gasteiger partial charge in [0.15, 0.2) is 6.04 Å². The van der Waals surface area contributed by atoms with Gasteiger partial charge in [0.1, 0.15) is 6.54 Å². The van der Waals surface area contributed by atoms with Gasteiger partial charge in [-0.3, -0.25) is 10.1 Å². The Kier molecular flexibility index (Phi) is 5.90. The third-order valence-corrected chi connectivity index (χ3v) is 3.18. The first-order valence-electron chi connectivity index (χ1n) is 7.18. The summed E-state index contributed by atoms with van der Waals surface area (Å²) in [6, 6.07) is 9.21. The minimum atomic E-state index is -0.452. The number of benzene rings is 1. The molecule has 1 aromatic carbocycles. The number of carbonyl (C=O) groups is 2. The van der Waals surface area contributed by atoms with Crippen molar-refractivity contribution in [2.45, 2.75) is 45.8 Å². The molecule has 3 N–H and O–H groups in total. The predicted molar refractivity (Wildman–Crippen MR) is 82.9 cm³/mol. The second-order valence-corrected chi connectivity index (χ2v) is 6.42. The lowest BCUT2D eigenvalue weighted by Crippen LogP contribution is -3.12. The van der Waals surface area contributed by atoms with Gasteiger partial charge in [-0.15, -0.1) is 0 Å². The maximum Gasteiger partial charge on any atom is 0.322 e. The predicted octanol–water partition coefficient (Wildman–Crippen LogP) is 0.714. The van der Waals surface area contributed by atoms with Crippen LogP contribution in [0.15, 0.2) is 30.3 Å². The number of nitrogens with one attached hydrogen (secondary N) is 3. The molecule has 1 aromatic rings. The van der Waals surface area contributed by atoms with E-state index in [2.05, 4.69) is 10.6 Å². The molecule has 2 atom stereocenters. The number of urea groups is 1. The van der Waals surface area contributed by atoms with Crippen molar-refractivity contribution in [1.29, 1.82) is 0 Å². The Morgan fingerprint density at radius 2 is 1.76 bits per heavy atom. The Morgan fingerprint density at radius 1 is 1.19 bits per heavy atom. The smallest absolute Gasteiger partial charge is 0.322 e.